The smallest absolute Gasteiger partial charge is 0.191 e. The molecule has 0 aromatic heterocycles. The molecule has 0 aliphatic carbocycles. The average molecular weight is 473 g/mol. The first kappa shape index (κ1) is 22.6. The summed E-state index contributed by atoms with van der Waals surface area (Å²) in [7, 11) is 1.72. The Bertz CT molecular complexity index is 633. The van der Waals surface area contributed by atoms with Crippen LogP contribution in [0.5, 0.6) is 0 Å². The monoisotopic (exact) mass is 473 g/mol. The summed E-state index contributed by atoms with van der Waals surface area (Å²) in [5, 5.41) is 15.4. The van der Waals surface area contributed by atoms with E-state index in [-0.39, 0.29) is 29.8 Å². The van der Waals surface area contributed by atoms with E-state index in [1.807, 2.05) is 6.07 Å². The topological polar surface area (TPSA) is 63.5 Å². The van der Waals surface area contributed by atoms with Crippen molar-refractivity contribution in [3.05, 3.63) is 35.1 Å². The molecule has 144 valence electrons. The van der Waals surface area contributed by atoms with E-state index in [0.29, 0.717) is 35.6 Å². The van der Waals surface area contributed by atoms with Crippen molar-refractivity contribution in [2.45, 2.75) is 39.3 Å². The molecular formula is C19H29FIN5. The van der Waals surface area contributed by atoms with Gasteiger partial charge in [0.05, 0.1) is 11.6 Å². The van der Waals surface area contributed by atoms with Crippen molar-refractivity contribution in [2.24, 2.45) is 10.9 Å². The van der Waals surface area contributed by atoms with Crippen LogP contribution in [0.4, 0.5) is 4.39 Å². The minimum absolute atomic E-state index is 0. The molecule has 2 N–H and O–H groups in total. The van der Waals surface area contributed by atoms with E-state index >= 15 is 0 Å². The molecule has 1 aromatic carbocycles. The number of halogens is 2. The SMILES string of the molecule is CN=C(NCc1ccc(C#N)cc1F)NC1CCN(CC(C)C)CC1.I. The van der Waals surface area contributed by atoms with Gasteiger partial charge in [-0.05, 0) is 30.9 Å². The second-order valence-corrected chi connectivity index (χ2v) is 6.96. The molecule has 5 nitrogen and oxygen atoms in total. The lowest BCUT2D eigenvalue weighted by Crippen LogP contribution is -2.49. The van der Waals surface area contributed by atoms with Gasteiger partial charge in [0, 0.05) is 44.8 Å². The third kappa shape index (κ3) is 7.08. The number of piperidine rings is 1. The summed E-state index contributed by atoms with van der Waals surface area (Å²) >= 11 is 0. The van der Waals surface area contributed by atoms with E-state index in [2.05, 4.69) is 34.4 Å². The molecule has 1 aliphatic heterocycles. The Kier molecular flexibility index (Phi) is 9.88. The van der Waals surface area contributed by atoms with Crippen LogP contribution < -0.4 is 10.6 Å². The van der Waals surface area contributed by atoms with Crippen LogP contribution in [0.25, 0.3) is 0 Å². The zero-order valence-electron chi connectivity index (χ0n) is 15.8. The molecule has 7 heteroatoms. The van der Waals surface area contributed by atoms with Gasteiger partial charge >= 0.3 is 0 Å². The lowest BCUT2D eigenvalue weighted by Gasteiger charge is -2.34. The molecule has 1 aliphatic rings. The van der Waals surface area contributed by atoms with Crippen molar-refractivity contribution in [1.29, 1.82) is 5.26 Å². The number of likely N-dealkylation sites (tertiary alicyclic amines) is 1. The summed E-state index contributed by atoms with van der Waals surface area (Å²) in [5.41, 5.74) is 0.852. The van der Waals surface area contributed by atoms with Gasteiger partial charge in [-0.3, -0.25) is 4.99 Å². The summed E-state index contributed by atoms with van der Waals surface area (Å²) in [6.07, 6.45) is 2.16. The van der Waals surface area contributed by atoms with Crippen LogP contribution in [0.3, 0.4) is 0 Å². The van der Waals surface area contributed by atoms with Crippen LogP contribution in [0.2, 0.25) is 0 Å². The van der Waals surface area contributed by atoms with E-state index in [4.69, 9.17) is 5.26 Å². The minimum Gasteiger partial charge on any atom is -0.354 e. The van der Waals surface area contributed by atoms with Crippen molar-refractivity contribution in [1.82, 2.24) is 15.5 Å². The molecule has 2 rings (SSSR count). The van der Waals surface area contributed by atoms with E-state index in [0.717, 1.165) is 32.5 Å². The van der Waals surface area contributed by atoms with Crippen LogP contribution in [0, 0.1) is 23.1 Å². The van der Waals surface area contributed by atoms with Crippen LogP contribution >= 0.6 is 24.0 Å². The highest BCUT2D eigenvalue weighted by Gasteiger charge is 2.20. The second-order valence-electron chi connectivity index (χ2n) is 6.96. The van der Waals surface area contributed by atoms with Crippen molar-refractivity contribution >= 4 is 29.9 Å². The molecule has 0 bridgehead atoms. The average Bonchev–Trinajstić information content (AvgIpc) is 2.60. The van der Waals surface area contributed by atoms with Gasteiger partial charge in [0.2, 0.25) is 0 Å². The molecule has 0 saturated carbocycles. The Morgan fingerprint density at radius 1 is 1.38 bits per heavy atom. The maximum absolute atomic E-state index is 13.9. The molecular weight excluding hydrogens is 444 g/mol. The summed E-state index contributed by atoms with van der Waals surface area (Å²) < 4.78 is 13.9. The third-order valence-electron chi connectivity index (χ3n) is 4.40. The van der Waals surface area contributed by atoms with Crippen molar-refractivity contribution in [2.75, 3.05) is 26.7 Å². The maximum Gasteiger partial charge on any atom is 0.191 e. The summed E-state index contributed by atoms with van der Waals surface area (Å²) in [6, 6.07) is 6.85. The largest absolute Gasteiger partial charge is 0.354 e. The normalized spacial score (nSPS) is 16.1. The number of rotatable bonds is 5. The van der Waals surface area contributed by atoms with Crippen molar-refractivity contribution in [3.63, 3.8) is 0 Å². The minimum atomic E-state index is -0.371. The summed E-state index contributed by atoms with van der Waals surface area (Å²) in [6.45, 7) is 8.17. The number of benzene rings is 1. The third-order valence-corrected chi connectivity index (χ3v) is 4.40. The fourth-order valence-corrected chi connectivity index (χ4v) is 3.10. The van der Waals surface area contributed by atoms with Gasteiger partial charge in [-0.2, -0.15) is 5.26 Å². The van der Waals surface area contributed by atoms with Crippen LogP contribution in [-0.2, 0) is 6.54 Å². The standard InChI is InChI=1S/C19H28FN5.HI/c1-14(2)13-25-8-6-17(7-9-25)24-19(22-3)23-12-16-5-4-15(11-21)10-18(16)20;/h4-5,10,14,17H,6-9,12-13H2,1-3H3,(H2,22,23,24);1H. The predicted octanol–water partition coefficient (Wildman–Crippen LogP) is 3.10. The molecule has 0 amide bonds. The summed E-state index contributed by atoms with van der Waals surface area (Å²) in [4.78, 5) is 6.74. The number of hydrogen-bond donors (Lipinski definition) is 2. The second kappa shape index (κ2) is 11.3. The van der Waals surface area contributed by atoms with Crippen molar-refractivity contribution in [3.8, 4) is 6.07 Å². The van der Waals surface area contributed by atoms with Gasteiger partial charge in [-0.1, -0.05) is 19.9 Å². The van der Waals surface area contributed by atoms with Gasteiger partial charge in [-0.25, -0.2) is 4.39 Å². The molecule has 1 aromatic rings. The Balaban J connectivity index is 0.00000338. The number of hydrogen-bond acceptors (Lipinski definition) is 3. The van der Waals surface area contributed by atoms with Crippen LogP contribution in [0.15, 0.2) is 23.2 Å². The first-order chi connectivity index (χ1) is 12.0. The fraction of sp³-hybridized carbons (Fsp3) is 0.579. The molecule has 1 fully saturated rings. The van der Waals surface area contributed by atoms with Gasteiger partial charge in [-0.15, -0.1) is 24.0 Å². The van der Waals surface area contributed by atoms with E-state index in [1.165, 1.54) is 6.07 Å². The maximum atomic E-state index is 13.9. The van der Waals surface area contributed by atoms with Crippen LogP contribution in [0.1, 0.15) is 37.8 Å². The molecule has 0 radical (unpaired) electrons. The van der Waals surface area contributed by atoms with Gasteiger partial charge in [0.15, 0.2) is 5.96 Å². The van der Waals surface area contributed by atoms with Gasteiger partial charge in [0.1, 0.15) is 5.82 Å². The highest BCUT2D eigenvalue weighted by atomic mass is 127. The Morgan fingerprint density at radius 2 is 2.08 bits per heavy atom. The summed E-state index contributed by atoms with van der Waals surface area (Å²) in [5.74, 6) is 1.01. The lowest BCUT2D eigenvalue weighted by molar-refractivity contribution is 0.187. The molecule has 26 heavy (non-hydrogen) atoms. The highest BCUT2D eigenvalue weighted by molar-refractivity contribution is 14.0. The first-order valence-electron chi connectivity index (χ1n) is 8.90. The highest BCUT2D eigenvalue weighted by Crippen LogP contribution is 2.12. The molecule has 1 heterocycles. The molecule has 0 spiro atoms. The number of nitrogens with zero attached hydrogens (tertiary/aromatic N) is 3. The zero-order valence-corrected chi connectivity index (χ0v) is 18.1. The quantitative estimate of drug-likeness (QED) is 0.392. The lowest BCUT2D eigenvalue weighted by atomic mass is 10.0. The van der Waals surface area contributed by atoms with Crippen LogP contribution in [-0.4, -0.2) is 43.6 Å². The Hall–Kier alpha value is -1.40. The Labute approximate surface area is 173 Å². The van der Waals surface area contributed by atoms with E-state index in [9.17, 15) is 4.39 Å². The number of nitrogens with one attached hydrogen (secondary N) is 2. The van der Waals surface area contributed by atoms with Gasteiger partial charge in [0.25, 0.3) is 0 Å². The van der Waals surface area contributed by atoms with E-state index in [1.54, 1.807) is 19.2 Å². The molecule has 1 saturated heterocycles. The molecule has 0 unspecified atom stereocenters. The van der Waals surface area contributed by atoms with E-state index < -0.39 is 0 Å². The van der Waals surface area contributed by atoms with Gasteiger partial charge < -0.3 is 15.5 Å². The first-order valence-corrected chi connectivity index (χ1v) is 8.90. The zero-order chi connectivity index (χ0) is 18.2. The number of nitriles is 1. The fourth-order valence-electron chi connectivity index (χ4n) is 3.10. The number of aliphatic imine (C=N–C) groups is 1. The molecule has 0 atom stereocenters. The Morgan fingerprint density at radius 3 is 2.62 bits per heavy atom. The van der Waals surface area contributed by atoms with Crippen molar-refractivity contribution < 1.29 is 4.39 Å². The predicted molar refractivity (Wildman–Crippen MR) is 114 cm³/mol. The number of guanidine groups is 1.